The number of ether oxygens (including phenoxy) is 2. The standard InChI is InChI=1S/C21H16FN3O3S/c1-12-8-16-19(23-12)20(26)25(15-5-3-14(22)4-6-15)21(24-16)29-10-13-2-7-17-18(9-13)28-11-27-17/h2-9,23H,10-11H2,1H3. The number of benzene rings is 2. The zero-order chi connectivity index (χ0) is 20.0. The van der Waals surface area contributed by atoms with Gasteiger partial charge in [-0.05, 0) is 55.0 Å². The van der Waals surface area contributed by atoms with Crippen molar-refractivity contribution < 1.29 is 13.9 Å². The summed E-state index contributed by atoms with van der Waals surface area (Å²) in [5.41, 5.74) is 3.25. The zero-order valence-electron chi connectivity index (χ0n) is 15.4. The summed E-state index contributed by atoms with van der Waals surface area (Å²) in [4.78, 5) is 20.9. The number of H-pyrrole nitrogens is 1. The van der Waals surface area contributed by atoms with Crippen LogP contribution in [0.1, 0.15) is 11.3 Å². The van der Waals surface area contributed by atoms with Crippen LogP contribution >= 0.6 is 11.8 Å². The number of hydrogen-bond donors (Lipinski definition) is 1. The molecule has 0 unspecified atom stereocenters. The monoisotopic (exact) mass is 409 g/mol. The second-order valence-electron chi connectivity index (χ2n) is 6.70. The highest BCUT2D eigenvalue weighted by Crippen LogP contribution is 2.34. The van der Waals surface area contributed by atoms with Crippen molar-refractivity contribution in [2.75, 3.05) is 6.79 Å². The fraction of sp³-hybridized carbons (Fsp3) is 0.143. The molecular formula is C21H16FN3O3S. The van der Waals surface area contributed by atoms with Crippen LogP contribution in [-0.2, 0) is 5.75 Å². The van der Waals surface area contributed by atoms with Crippen molar-refractivity contribution in [3.8, 4) is 17.2 Å². The smallest absolute Gasteiger partial charge is 0.283 e. The van der Waals surface area contributed by atoms with Gasteiger partial charge < -0.3 is 14.5 Å². The fourth-order valence-electron chi connectivity index (χ4n) is 3.27. The number of rotatable bonds is 4. The van der Waals surface area contributed by atoms with E-state index in [9.17, 15) is 9.18 Å². The minimum absolute atomic E-state index is 0.220. The van der Waals surface area contributed by atoms with Crippen LogP contribution in [0.3, 0.4) is 0 Å². The molecular weight excluding hydrogens is 393 g/mol. The number of hydrogen-bond acceptors (Lipinski definition) is 5. The SMILES string of the molecule is Cc1cc2nc(SCc3ccc4c(c3)OCO4)n(-c3ccc(F)cc3)c(=O)c2[nH]1. The predicted octanol–water partition coefficient (Wildman–Crippen LogP) is 4.18. The number of aromatic amines is 1. The van der Waals surface area contributed by atoms with E-state index in [4.69, 9.17) is 9.47 Å². The molecule has 0 amide bonds. The van der Waals surface area contributed by atoms with E-state index in [0.717, 1.165) is 17.0 Å². The largest absolute Gasteiger partial charge is 0.454 e. The second-order valence-corrected chi connectivity index (χ2v) is 7.64. The quantitative estimate of drug-likeness (QED) is 0.404. The van der Waals surface area contributed by atoms with E-state index in [0.29, 0.717) is 33.4 Å². The van der Waals surface area contributed by atoms with Crippen molar-refractivity contribution in [1.82, 2.24) is 14.5 Å². The van der Waals surface area contributed by atoms with Gasteiger partial charge in [0.15, 0.2) is 16.7 Å². The molecule has 8 heteroatoms. The molecule has 6 nitrogen and oxygen atoms in total. The molecule has 0 aliphatic carbocycles. The van der Waals surface area contributed by atoms with Crippen LogP contribution < -0.4 is 15.0 Å². The minimum atomic E-state index is -0.360. The molecule has 146 valence electrons. The van der Waals surface area contributed by atoms with Gasteiger partial charge in [0.05, 0.1) is 11.2 Å². The number of fused-ring (bicyclic) bond motifs is 2. The molecule has 0 saturated carbocycles. The number of nitrogens with one attached hydrogen (secondary N) is 1. The Labute approximate surface area is 169 Å². The lowest BCUT2D eigenvalue weighted by molar-refractivity contribution is 0.174. The van der Waals surface area contributed by atoms with Crippen LogP contribution in [0, 0.1) is 12.7 Å². The molecule has 5 rings (SSSR count). The summed E-state index contributed by atoms with van der Waals surface area (Å²) in [6, 6.07) is 13.4. The van der Waals surface area contributed by atoms with Gasteiger partial charge in [0, 0.05) is 11.4 Å². The third-order valence-electron chi connectivity index (χ3n) is 4.65. The van der Waals surface area contributed by atoms with Gasteiger partial charge in [-0.1, -0.05) is 17.8 Å². The predicted molar refractivity (Wildman–Crippen MR) is 109 cm³/mol. The van der Waals surface area contributed by atoms with E-state index >= 15 is 0 Å². The Balaban J connectivity index is 1.57. The Morgan fingerprint density at radius 2 is 1.93 bits per heavy atom. The van der Waals surface area contributed by atoms with E-state index in [1.807, 2.05) is 31.2 Å². The normalized spacial score (nSPS) is 12.6. The first-order valence-electron chi connectivity index (χ1n) is 8.98. The van der Waals surface area contributed by atoms with E-state index < -0.39 is 0 Å². The second kappa shape index (κ2) is 6.97. The first kappa shape index (κ1) is 17.8. The van der Waals surface area contributed by atoms with Gasteiger partial charge in [-0.15, -0.1) is 0 Å². The van der Waals surface area contributed by atoms with Crippen LogP contribution in [0.25, 0.3) is 16.7 Å². The van der Waals surface area contributed by atoms with E-state index in [1.54, 1.807) is 12.1 Å². The number of thioether (sulfide) groups is 1. The van der Waals surface area contributed by atoms with Crippen molar-refractivity contribution in [1.29, 1.82) is 0 Å². The van der Waals surface area contributed by atoms with Crippen molar-refractivity contribution >= 4 is 22.8 Å². The molecule has 0 radical (unpaired) electrons. The molecule has 1 N–H and O–H groups in total. The van der Waals surface area contributed by atoms with E-state index in [2.05, 4.69) is 9.97 Å². The molecule has 0 saturated heterocycles. The molecule has 0 spiro atoms. The molecule has 1 aliphatic rings. The van der Waals surface area contributed by atoms with Crippen LogP contribution in [0.5, 0.6) is 11.5 Å². The Morgan fingerprint density at radius 3 is 2.76 bits per heavy atom. The summed E-state index contributed by atoms with van der Waals surface area (Å²) in [6.07, 6.45) is 0. The highest BCUT2D eigenvalue weighted by atomic mass is 32.2. The van der Waals surface area contributed by atoms with Gasteiger partial charge in [-0.3, -0.25) is 9.36 Å². The summed E-state index contributed by atoms with van der Waals surface area (Å²) in [5, 5.41) is 0.533. The lowest BCUT2D eigenvalue weighted by Crippen LogP contribution is -2.21. The van der Waals surface area contributed by atoms with E-state index in [1.165, 1.54) is 28.5 Å². The third-order valence-corrected chi connectivity index (χ3v) is 5.66. The number of nitrogens with zero attached hydrogens (tertiary/aromatic N) is 2. The van der Waals surface area contributed by atoms with Gasteiger partial charge in [0.2, 0.25) is 6.79 Å². The Kier molecular flexibility index (Phi) is 4.28. The van der Waals surface area contributed by atoms with E-state index in [-0.39, 0.29) is 18.2 Å². The molecule has 0 bridgehead atoms. The Bertz CT molecular complexity index is 1280. The molecule has 1 aliphatic heterocycles. The first-order valence-corrected chi connectivity index (χ1v) is 9.97. The molecule has 0 fully saturated rings. The van der Waals surface area contributed by atoms with Crippen LogP contribution in [-0.4, -0.2) is 21.3 Å². The fourth-order valence-corrected chi connectivity index (χ4v) is 4.23. The van der Waals surface area contributed by atoms with Crippen LogP contribution in [0.4, 0.5) is 4.39 Å². The van der Waals surface area contributed by atoms with Crippen molar-refractivity contribution in [3.63, 3.8) is 0 Å². The summed E-state index contributed by atoms with van der Waals surface area (Å²) in [5.74, 6) is 1.66. The summed E-state index contributed by atoms with van der Waals surface area (Å²) in [7, 11) is 0. The lowest BCUT2D eigenvalue weighted by Gasteiger charge is -2.12. The summed E-state index contributed by atoms with van der Waals surface area (Å²) < 4.78 is 25.7. The zero-order valence-corrected chi connectivity index (χ0v) is 16.3. The Morgan fingerprint density at radius 1 is 1.14 bits per heavy atom. The van der Waals surface area contributed by atoms with Crippen molar-refractivity contribution in [2.45, 2.75) is 17.8 Å². The molecule has 2 aromatic heterocycles. The maximum atomic E-state index is 13.4. The number of aromatic nitrogens is 3. The van der Waals surface area contributed by atoms with Crippen molar-refractivity contribution in [3.05, 3.63) is 76.0 Å². The first-order chi connectivity index (χ1) is 14.1. The average Bonchev–Trinajstić information content (AvgIpc) is 3.33. The Hall–Kier alpha value is -3.26. The maximum absolute atomic E-state index is 13.4. The van der Waals surface area contributed by atoms with Gasteiger partial charge in [-0.25, -0.2) is 9.37 Å². The molecule has 4 aromatic rings. The van der Waals surface area contributed by atoms with Gasteiger partial charge in [0.25, 0.3) is 5.56 Å². The van der Waals surface area contributed by atoms with Crippen LogP contribution in [0.15, 0.2) is 58.5 Å². The average molecular weight is 409 g/mol. The summed E-state index contributed by atoms with van der Waals surface area (Å²) >= 11 is 1.43. The highest BCUT2D eigenvalue weighted by Gasteiger charge is 2.17. The van der Waals surface area contributed by atoms with Gasteiger partial charge in [0.1, 0.15) is 11.3 Å². The third kappa shape index (κ3) is 3.25. The lowest BCUT2D eigenvalue weighted by atomic mass is 10.2. The number of halogens is 1. The minimum Gasteiger partial charge on any atom is -0.454 e. The highest BCUT2D eigenvalue weighted by molar-refractivity contribution is 7.98. The summed E-state index contributed by atoms with van der Waals surface area (Å²) in [6.45, 7) is 2.10. The molecule has 3 heterocycles. The maximum Gasteiger partial charge on any atom is 0.283 e. The van der Waals surface area contributed by atoms with Crippen LogP contribution in [0.2, 0.25) is 0 Å². The van der Waals surface area contributed by atoms with Crippen molar-refractivity contribution in [2.24, 2.45) is 0 Å². The van der Waals surface area contributed by atoms with Gasteiger partial charge >= 0.3 is 0 Å². The van der Waals surface area contributed by atoms with Gasteiger partial charge in [-0.2, -0.15) is 0 Å². The number of aryl methyl sites for hydroxylation is 1. The molecule has 29 heavy (non-hydrogen) atoms. The molecule has 2 aromatic carbocycles. The molecule has 0 atom stereocenters. The topological polar surface area (TPSA) is 69.1 Å².